The number of para-hydroxylation sites is 2. The van der Waals surface area contributed by atoms with Crippen molar-refractivity contribution in [3.8, 4) is 0 Å². The predicted octanol–water partition coefficient (Wildman–Crippen LogP) is 3.61. The number of carbonyl (C=O) groups excluding carboxylic acids is 1. The quantitative estimate of drug-likeness (QED) is 0.671. The minimum absolute atomic E-state index is 0.00367. The lowest BCUT2D eigenvalue weighted by molar-refractivity contribution is -0.115. The van der Waals surface area contributed by atoms with Crippen LogP contribution in [0, 0.1) is 0 Å². The topological polar surface area (TPSA) is 82.2 Å². The molecular formula is C19H18N2O3. The van der Waals surface area contributed by atoms with Gasteiger partial charge in [0.25, 0.3) is 0 Å². The van der Waals surface area contributed by atoms with E-state index in [9.17, 15) is 14.7 Å². The first-order chi connectivity index (χ1) is 11.6. The molecule has 0 bridgehead atoms. The normalized spacial score (nSPS) is 10.7. The summed E-state index contributed by atoms with van der Waals surface area (Å²) >= 11 is 0. The second kappa shape index (κ2) is 6.58. The van der Waals surface area contributed by atoms with E-state index in [1.807, 2.05) is 49.4 Å². The van der Waals surface area contributed by atoms with E-state index in [0.717, 1.165) is 23.1 Å². The van der Waals surface area contributed by atoms with Crippen LogP contribution >= 0.6 is 0 Å². The van der Waals surface area contributed by atoms with Gasteiger partial charge in [0.2, 0.25) is 5.91 Å². The number of anilines is 1. The Morgan fingerprint density at radius 1 is 1.08 bits per heavy atom. The van der Waals surface area contributed by atoms with Crippen molar-refractivity contribution in [2.45, 2.75) is 19.8 Å². The van der Waals surface area contributed by atoms with Gasteiger partial charge in [-0.3, -0.25) is 4.79 Å². The highest BCUT2D eigenvalue weighted by molar-refractivity contribution is 6.02. The zero-order chi connectivity index (χ0) is 17.1. The van der Waals surface area contributed by atoms with E-state index in [0.29, 0.717) is 11.1 Å². The summed E-state index contributed by atoms with van der Waals surface area (Å²) < 4.78 is 0. The number of carboxylic acids is 1. The fourth-order valence-corrected chi connectivity index (χ4v) is 2.87. The van der Waals surface area contributed by atoms with E-state index in [-0.39, 0.29) is 18.0 Å². The number of aryl methyl sites for hydroxylation is 1. The van der Waals surface area contributed by atoms with Gasteiger partial charge in [-0.25, -0.2) is 4.79 Å². The second-order valence-electron chi connectivity index (χ2n) is 5.56. The lowest BCUT2D eigenvalue weighted by atomic mass is 10.1. The van der Waals surface area contributed by atoms with Crippen LogP contribution in [-0.2, 0) is 17.6 Å². The van der Waals surface area contributed by atoms with Gasteiger partial charge in [-0.15, -0.1) is 0 Å². The number of benzene rings is 2. The first kappa shape index (κ1) is 15.8. The molecule has 1 heterocycles. The van der Waals surface area contributed by atoms with Gasteiger partial charge in [0.1, 0.15) is 5.69 Å². The van der Waals surface area contributed by atoms with Crippen LogP contribution in [0.25, 0.3) is 10.9 Å². The molecule has 0 radical (unpaired) electrons. The van der Waals surface area contributed by atoms with Crippen LogP contribution in [0.2, 0.25) is 0 Å². The summed E-state index contributed by atoms with van der Waals surface area (Å²) in [6, 6.07) is 14.9. The van der Waals surface area contributed by atoms with Crippen molar-refractivity contribution < 1.29 is 14.7 Å². The monoisotopic (exact) mass is 322 g/mol. The van der Waals surface area contributed by atoms with Gasteiger partial charge >= 0.3 is 5.97 Å². The fraction of sp³-hybridized carbons (Fsp3) is 0.158. The lowest BCUT2D eigenvalue weighted by Gasteiger charge is -2.09. The molecule has 122 valence electrons. The summed E-state index contributed by atoms with van der Waals surface area (Å²) in [6.45, 7) is 2.02. The Bertz CT molecular complexity index is 912. The molecule has 2 aromatic carbocycles. The molecule has 3 aromatic rings. The minimum Gasteiger partial charge on any atom is -0.477 e. The summed E-state index contributed by atoms with van der Waals surface area (Å²) in [5.41, 5.74) is 3.09. The Kier molecular flexibility index (Phi) is 4.33. The minimum atomic E-state index is -1.07. The molecule has 0 spiro atoms. The van der Waals surface area contributed by atoms with Crippen molar-refractivity contribution in [1.29, 1.82) is 0 Å². The third kappa shape index (κ3) is 3.01. The van der Waals surface area contributed by atoms with Crippen LogP contribution < -0.4 is 5.32 Å². The number of aromatic nitrogens is 1. The number of fused-ring (bicyclic) bond motifs is 1. The molecule has 0 saturated heterocycles. The summed E-state index contributed by atoms with van der Waals surface area (Å²) in [4.78, 5) is 26.8. The largest absolute Gasteiger partial charge is 0.477 e. The number of aromatic carboxylic acids is 1. The predicted molar refractivity (Wildman–Crippen MR) is 93.4 cm³/mol. The Morgan fingerprint density at radius 2 is 1.79 bits per heavy atom. The maximum atomic E-state index is 12.4. The third-order valence-electron chi connectivity index (χ3n) is 4.04. The van der Waals surface area contributed by atoms with Gasteiger partial charge in [0.05, 0.1) is 6.42 Å². The zero-order valence-electron chi connectivity index (χ0n) is 13.3. The number of amides is 1. The van der Waals surface area contributed by atoms with Crippen LogP contribution in [0.4, 0.5) is 5.69 Å². The first-order valence-corrected chi connectivity index (χ1v) is 7.80. The second-order valence-corrected chi connectivity index (χ2v) is 5.56. The van der Waals surface area contributed by atoms with E-state index in [4.69, 9.17) is 0 Å². The maximum Gasteiger partial charge on any atom is 0.352 e. The van der Waals surface area contributed by atoms with Crippen LogP contribution in [0.3, 0.4) is 0 Å². The Balaban J connectivity index is 1.90. The van der Waals surface area contributed by atoms with Crippen molar-refractivity contribution in [2.75, 3.05) is 5.32 Å². The van der Waals surface area contributed by atoms with Crippen LogP contribution in [0.1, 0.15) is 28.5 Å². The number of carboxylic acid groups (broad SMARTS) is 1. The van der Waals surface area contributed by atoms with E-state index in [1.54, 1.807) is 6.07 Å². The average molecular weight is 322 g/mol. The van der Waals surface area contributed by atoms with E-state index < -0.39 is 5.97 Å². The molecule has 24 heavy (non-hydrogen) atoms. The van der Waals surface area contributed by atoms with Crippen LogP contribution in [0.5, 0.6) is 0 Å². The number of rotatable bonds is 5. The van der Waals surface area contributed by atoms with Gasteiger partial charge in [0.15, 0.2) is 0 Å². The molecule has 3 rings (SSSR count). The van der Waals surface area contributed by atoms with Crippen molar-refractivity contribution in [3.63, 3.8) is 0 Å². The maximum absolute atomic E-state index is 12.4. The van der Waals surface area contributed by atoms with Crippen molar-refractivity contribution in [3.05, 3.63) is 65.4 Å². The number of H-pyrrole nitrogens is 1. The molecular weight excluding hydrogens is 304 g/mol. The van der Waals surface area contributed by atoms with Gasteiger partial charge in [0, 0.05) is 22.2 Å². The van der Waals surface area contributed by atoms with Crippen LogP contribution in [0.15, 0.2) is 48.5 Å². The van der Waals surface area contributed by atoms with E-state index in [1.165, 1.54) is 0 Å². The van der Waals surface area contributed by atoms with E-state index >= 15 is 0 Å². The average Bonchev–Trinajstić information content (AvgIpc) is 2.94. The smallest absolute Gasteiger partial charge is 0.352 e. The fourth-order valence-electron chi connectivity index (χ4n) is 2.87. The molecule has 0 saturated carbocycles. The number of hydrogen-bond acceptors (Lipinski definition) is 2. The highest BCUT2D eigenvalue weighted by Crippen LogP contribution is 2.24. The standard InChI is InChI=1S/C19H18N2O3/c1-2-12-7-3-5-9-15(12)20-17(22)11-14-13-8-4-6-10-16(13)21-18(14)19(23)24/h3-10,21H,2,11H2,1H3,(H,20,22)(H,23,24). The summed E-state index contributed by atoms with van der Waals surface area (Å²) in [5.74, 6) is -1.30. The van der Waals surface area contributed by atoms with Crippen molar-refractivity contribution in [2.24, 2.45) is 0 Å². The van der Waals surface area contributed by atoms with Gasteiger partial charge in [-0.05, 0) is 24.1 Å². The summed E-state index contributed by atoms with van der Waals surface area (Å²) in [6.07, 6.45) is 0.813. The molecule has 0 aliphatic rings. The van der Waals surface area contributed by atoms with Gasteiger partial charge in [-0.2, -0.15) is 0 Å². The SMILES string of the molecule is CCc1ccccc1NC(=O)Cc1c(C(=O)O)[nH]c2ccccc12. The molecule has 1 aromatic heterocycles. The number of nitrogens with one attached hydrogen (secondary N) is 2. The number of carbonyl (C=O) groups is 2. The molecule has 0 aliphatic carbocycles. The zero-order valence-corrected chi connectivity index (χ0v) is 13.3. The molecule has 1 amide bonds. The molecule has 5 heteroatoms. The highest BCUT2D eigenvalue weighted by atomic mass is 16.4. The van der Waals surface area contributed by atoms with Crippen molar-refractivity contribution in [1.82, 2.24) is 4.98 Å². The molecule has 3 N–H and O–H groups in total. The van der Waals surface area contributed by atoms with Crippen molar-refractivity contribution >= 4 is 28.5 Å². The third-order valence-corrected chi connectivity index (χ3v) is 4.04. The Labute approximate surface area is 139 Å². The van der Waals surface area contributed by atoms with Gasteiger partial charge < -0.3 is 15.4 Å². The lowest BCUT2D eigenvalue weighted by Crippen LogP contribution is -2.17. The van der Waals surface area contributed by atoms with E-state index in [2.05, 4.69) is 10.3 Å². The Morgan fingerprint density at radius 3 is 2.54 bits per heavy atom. The summed E-state index contributed by atoms with van der Waals surface area (Å²) in [5, 5.41) is 13.0. The molecule has 0 aliphatic heterocycles. The highest BCUT2D eigenvalue weighted by Gasteiger charge is 2.19. The first-order valence-electron chi connectivity index (χ1n) is 7.80. The number of hydrogen-bond donors (Lipinski definition) is 3. The van der Waals surface area contributed by atoms with Crippen LogP contribution in [-0.4, -0.2) is 22.0 Å². The molecule has 0 fully saturated rings. The number of aromatic amines is 1. The molecule has 0 atom stereocenters. The Hall–Kier alpha value is -3.08. The molecule has 5 nitrogen and oxygen atoms in total. The van der Waals surface area contributed by atoms with Gasteiger partial charge in [-0.1, -0.05) is 43.3 Å². The molecule has 0 unspecified atom stereocenters. The summed E-state index contributed by atoms with van der Waals surface area (Å²) in [7, 11) is 0.